The number of nitrogens with one attached hydrogen (secondary N) is 1. The highest BCUT2D eigenvalue weighted by Gasteiger charge is 2.11. The van der Waals surface area contributed by atoms with E-state index in [9.17, 15) is 9.00 Å². The Morgan fingerprint density at radius 1 is 1.62 bits per heavy atom. The Hall–Kier alpha value is -0.620. The van der Waals surface area contributed by atoms with Gasteiger partial charge in [-0.15, -0.1) is 0 Å². The van der Waals surface area contributed by atoms with Crippen LogP contribution in [0.25, 0.3) is 0 Å². The van der Waals surface area contributed by atoms with Gasteiger partial charge in [-0.1, -0.05) is 0 Å². The van der Waals surface area contributed by atoms with Gasteiger partial charge in [0.25, 0.3) is 5.91 Å². The number of amides is 1. The van der Waals surface area contributed by atoms with E-state index in [1.54, 1.807) is 12.3 Å². The number of halogens is 1. The highest BCUT2D eigenvalue weighted by molar-refractivity contribution is 9.10. The zero-order valence-corrected chi connectivity index (χ0v) is 11.7. The SMILES string of the molecule is CCn1cc(Br)cc1C(=O)NCCS(C)=O. The van der Waals surface area contributed by atoms with E-state index in [0.29, 0.717) is 18.0 Å². The van der Waals surface area contributed by atoms with E-state index in [-0.39, 0.29) is 5.91 Å². The maximum Gasteiger partial charge on any atom is 0.267 e. The smallest absolute Gasteiger partial charge is 0.267 e. The fourth-order valence-electron chi connectivity index (χ4n) is 1.33. The summed E-state index contributed by atoms with van der Waals surface area (Å²) in [6.07, 6.45) is 3.49. The van der Waals surface area contributed by atoms with Crippen molar-refractivity contribution in [3.05, 3.63) is 22.4 Å². The predicted molar refractivity (Wildman–Crippen MR) is 69.1 cm³/mol. The Bertz CT molecular complexity index is 404. The van der Waals surface area contributed by atoms with Gasteiger partial charge in [0, 0.05) is 46.6 Å². The molecule has 0 fully saturated rings. The van der Waals surface area contributed by atoms with Crippen molar-refractivity contribution < 1.29 is 9.00 Å². The molecule has 6 heteroatoms. The van der Waals surface area contributed by atoms with Gasteiger partial charge in [-0.25, -0.2) is 0 Å². The van der Waals surface area contributed by atoms with Crippen LogP contribution in [-0.4, -0.2) is 33.2 Å². The number of aryl methyl sites for hydroxylation is 1. The summed E-state index contributed by atoms with van der Waals surface area (Å²) in [4.78, 5) is 11.8. The van der Waals surface area contributed by atoms with Gasteiger partial charge in [-0.05, 0) is 28.9 Å². The first-order valence-corrected chi connectivity index (χ1v) is 7.50. The molecule has 0 spiro atoms. The number of rotatable bonds is 5. The van der Waals surface area contributed by atoms with Gasteiger partial charge in [0.05, 0.1) is 0 Å². The molecule has 0 radical (unpaired) electrons. The largest absolute Gasteiger partial charge is 0.350 e. The first-order chi connectivity index (χ1) is 7.54. The minimum absolute atomic E-state index is 0.127. The van der Waals surface area contributed by atoms with E-state index < -0.39 is 10.8 Å². The number of carbonyl (C=O) groups excluding carboxylic acids is 1. The minimum atomic E-state index is -0.871. The van der Waals surface area contributed by atoms with E-state index in [0.717, 1.165) is 11.0 Å². The second-order valence-electron chi connectivity index (χ2n) is 3.36. The van der Waals surface area contributed by atoms with Crippen LogP contribution in [-0.2, 0) is 17.3 Å². The monoisotopic (exact) mass is 306 g/mol. The van der Waals surface area contributed by atoms with Crippen molar-refractivity contribution in [1.82, 2.24) is 9.88 Å². The second-order valence-corrected chi connectivity index (χ2v) is 5.83. The number of hydrogen-bond acceptors (Lipinski definition) is 2. The van der Waals surface area contributed by atoms with Crippen LogP contribution in [0.1, 0.15) is 17.4 Å². The first-order valence-electron chi connectivity index (χ1n) is 4.98. The molecule has 0 saturated carbocycles. The Balaban J connectivity index is 2.61. The van der Waals surface area contributed by atoms with Crippen LogP contribution in [0.3, 0.4) is 0 Å². The zero-order valence-electron chi connectivity index (χ0n) is 9.33. The molecule has 90 valence electrons. The van der Waals surface area contributed by atoms with E-state index in [2.05, 4.69) is 21.2 Å². The van der Waals surface area contributed by atoms with Crippen molar-refractivity contribution in [1.29, 1.82) is 0 Å². The summed E-state index contributed by atoms with van der Waals surface area (Å²) in [6.45, 7) is 3.16. The fourth-order valence-corrected chi connectivity index (χ4v) is 2.18. The lowest BCUT2D eigenvalue weighted by Gasteiger charge is -2.06. The van der Waals surface area contributed by atoms with Gasteiger partial charge in [-0.2, -0.15) is 0 Å². The average molecular weight is 307 g/mol. The molecule has 1 N–H and O–H groups in total. The van der Waals surface area contributed by atoms with E-state index in [1.165, 1.54) is 0 Å². The quantitative estimate of drug-likeness (QED) is 0.893. The molecule has 0 aliphatic rings. The van der Waals surface area contributed by atoms with Crippen LogP contribution in [0.4, 0.5) is 0 Å². The molecule has 0 bridgehead atoms. The summed E-state index contributed by atoms with van der Waals surface area (Å²) in [5.74, 6) is 0.359. The average Bonchev–Trinajstić information content (AvgIpc) is 2.59. The summed E-state index contributed by atoms with van der Waals surface area (Å²) >= 11 is 3.33. The maximum atomic E-state index is 11.8. The Kier molecular flexibility index (Phi) is 5.21. The van der Waals surface area contributed by atoms with Crippen molar-refractivity contribution in [2.75, 3.05) is 18.6 Å². The lowest BCUT2D eigenvalue weighted by molar-refractivity contribution is 0.0947. The molecular weight excluding hydrogens is 292 g/mol. The van der Waals surface area contributed by atoms with Gasteiger partial charge in [0.2, 0.25) is 0 Å². The summed E-state index contributed by atoms with van der Waals surface area (Å²) in [6, 6.07) is 1.78. The molecule has 1 heterocycles. The summed E-state index contributed by atoms with van der Waals surface area (Å²) in [5, 5.41) is 2.74. The molecular formula is C10H15BrN2O2S. The molecule has 0 aliphatic heterocycles. The molecule has 1 aromatic rings. The van der Waals surface area contributed by atoms with Crippen LogP contribution >= 0.6 is 15.9 Å². The first kappa shape index (κ1) is 13.4. The standard InChI is InChI=1S/C10H15BrN2O2S/c1-3-13-7-8(11)6-9(13)10(14)12-4-5-16(2)15/h6-7H,3-5H2,1-2H3,(H,12,14). The highest BCUT2D eigenvalue weighted by atomic mass is 79.9. The molecule has 1 rings (SSSR count). The number of carbonyl (C=O) groups is 1. The second kappa shape index (κ2) is 6.20. The zero-order chi connectivity index (χ0) is 12.1. The molecule has 1 amide bonds. The molecule has 4 nitrogen and oxygen atoms in total. The Morgan fingerprint density at radius 2 is 2.31 bits per heavy atom. The third-order valence-electron chi connectivity index (χ3n) is 2.11. The maximum absolute atomic E-state index is 11.8. The molecule has 0 aliphatic carbocycles. The van der Waals surface area contributed by atoms with Crippen molar-refractivity contribution in [3.8, 4) is 0 Å². The summed E-state index contributed by atoms with van der Waals surface area (Å²) < 4.78 is 13.6. The van der Waals surface area contributed by atoms with Crippen molar-refractivity contribution in [3.63, 3.8) is 0 Å². The number of aromatic nitrogens is 1. The third-order valence-corrected chi connectivity index (χ3v) is 3.32. The minimum Gasteiger partial charge on any atom is -0.350 e. The van der Waals surface area contributed by atoms with E-state index in [4.69, 9.17) is 0 Å². The topological polar surface area (TPSA) is 51.1 Å². The lowest BCUT2D eigenvalue weighted by Crippen LogP contribution is -2.29. The molecule has 0 saturated heterocycles. The molecule has 0 aromatic carbocycles. The van der Waals surface area contributed by atoms with Gasteiger partial charge >= 0.3 is 0 Å². The van der Waals surface area contributed by atoms with Crippen molar-refractivity contribution >= 4 is 32.6 Å². The van der Waals surface area contributed by atoms with Crippen molar-refractivity contribution in [2.24, 2.45) is 0 Å². The molecule has 1 atom stereocenters. The Morgan fingerprint density at radius 3 is 2.88 bits per heavy atom. The highest BCUT2D eigenvalue weighted by Crippen LogP contribution is 2.14. The van der Waals surface area contributed by atoms with Gasteiger partial charge < -0.3 is 9.88 Å². The summed E-state index contributed by atoms with van der Waals surface area (Å²) in [5.41, 5.74) is 0.622. The van der Waals surface area contributed by atoms with Crippen LogP contribution in [0.2, 0.25) is 0 Å². The van der Waals surface area contributed by atoms with Crippen LogP contribution in [0.5, 0.6) is 0 Å². The van der Waals surface area contributed by atoms with E-state index in [1.807, 2.05) is 17.7 Å². The fraction of sp³-hybridized carbons (Fsp3) is 0.500. The van der Waals surface area contributed by atoms with Gasteiger partial charge in [0.1, 0.15) is 5.69 Å². The van der Waals surface area contributed by atoms with E-state index >= 15 is 0 Å². The Labute approximate surface area is 106 Å². The third kappa shape index (κ3) is 3.75. The van der Waals surface area contributed by atoms with Gasteiger partial charge in [-0.3, -0.25) is 9.00 Å². The number of nitrogens with zero attached hydrogens (tertiary/aromatic N) is 1. The summed E-state index contributed by atoms with van der Waals surface area (Å²) in [7, 11) is -0.871. The van der Waals surface area contributed by atoms with Gasteiger partial charge in [0.15, 0.2) is 0 Å². The molecule has 1 unspecified atom stereocenters. The number of hydrogen-bond donors (Lipinski definition) is 1. The van der Waals surface area contributed by atoms with Crippen molar-refractivity contribution in [2.45, 2.75) is 13.5 Å². The predicted octanol–water partition coefficient (Wildman–Crippen LogP) is 1.38. The lowest BCUT2D eigenvalue weighted by atomic mass is 10.4. The van der Waals surface area contributed by atoms with Crippen LogP contribution in [0, 0.1) is 0 Å². The molecule has 16 heavy (non-hydrogen) atoms. The van der Waals surface area contributed by atoms with Crippen LogP contribution in [0.15, 0.2) is 16.7 Å². The normalized spacial score (nSPS) is 12.4. The molecule has 1 aromatic heterocycles. The van der Waals surface area contributed by atoms with Crippen LogP contribution < -0.4 is 5.32 Å².